The van der Waals surface area contributed by atoms with Crippen molar-refractivity contribution in [1.82, 2.24) is 0 Å². The quantitative estimate of drug-likeness (QED) is 0.414. The molecule has 2 aliphatic carbocycles. The van der Waals surface area contributed by atoms with Crippen LogP contribution >= 0.6 is 0 Å². The molecule has 0 saturated heterocycles. The summed E-state index contributed by atoms with van der Waals surface area (Å²) in [6, 6.07) is 0. The Bertz CT molecular complexity index is 477. The molecular formula is C17H21LaO2-. The number of Topliss-reactive ketones (excluding diaryl/α,β-unsaturated/α-hetero) is 1. The Morgan fingerprint density at radius 1 is 1.20 bits per heavy atom. The number of hydrogen-bond donors (Lipinski definition) is 0. The average Bonchev–Trinajstić information content (AvgIpc) is 2.42. The van der Waals surface area contributed by atoms with Gasteiger partial charge in [-0.05, 0) is 36.8 Å². The van der Waals surface area contributed by atoms with E-state index in [1.54, 1.807) is 6.08 Å². The zero-order valence-corrected chi connectivity index (χ0v) is 16.0. The molecule has 0 aromatic carbocycles. The Hall–Kier alpha value is -0.245. The third kappa shape index (κ3) is 4.37. The third-order valence-corrected chi connectivity index (χ3v) is 4.15. The summed E-state index contributed by atoms with van der Waals surface area (Å²) in [6.45, 7) is 3.74. The van der Waals surface area contributed by atoms with Gasteiger partial charge in [0.15, 0.2) is 5.78 Å². The fourth-order valence-electron chi connectivity index (χ4n) is 2.79. The second kappa shape index (κ2) is 8.26. The van der Waals surface area contributed by atoms with Gasteiger partial charge in [0.1, 0.15) is 5.78 Å². The number of hydrogen-bond acceptors (Lipinski definition) is 2. The maximum atomic E-state index is 12.2. The Labute approximate surface area is 149 Å². The van der Waals surface area contributed by atoms with Crippen LogP contribution in [0.5, 0.6) is 0 Å². The number of carbonyl (C=O) groups excluding carboxylic acids is 2. The first kappa shape index (κ1) is 17.8. The fraction of sp³-hybridized carbons (Fsp3) is 0.529. The second-order valence-electron chi connectivity index (χ2n) is 5.52. The van der Waals surface area contributed by atoms with Crippen LogP contribution in [0.4, 0.5) is 0 Å². The van der Waals surface area contributed by atoms with Crippen molar-refractivity contribution in [3.05, 3.63) is 34.9 Å². The summed E-state index contributed by atoms with van der Waals surface area (Å²) in [5.41, 5.74) is 2.08. The fourth-order valence-corrected chi connectivity index (χ4v) is 2.79. The van der Waals surface area contributed by atoms with E-state index in [9.17, 15) is 9.59 Å². The number of carbonyl (C=O) groups is 2. The minimum absolute atomic E-state index is 0. The Kier molecular flexibility index (Phi) is 7.35. The van der Waals surface area contributed by atoms with E-state index in [0.717, 1.165) is 11.1 Å². The Morgan fingerprint density at radius 3 is 2.50 bits per heavy atom. The summed E-state index contributed by atoms with van der Waals surface area (Å²) in [5.74, 6) is 0.288. The van der Waals surface area contributed by atoms with Crippen molar-refractivity contribution < 1.29 is 45.2 Å². The van der Waals surface area contributed by atoms with E-state index >= 15 is 0 Å². The molecule has 1 radical (unpaired) electrons. The molecule has 0 N–H and O–H groups in total. The predicted molar refractivity (Wildman–Crippen MR) is 75.5 cm³/mol. The van der Waals surface area contributed by atoms with Crippen molar-refractivity contribution in [3.8, 4) is 0 Å². The van der Waals surface area contributed by atoms with Gasteiger partial charge in [0.05, 0.1) is 0 Å². The largest absolute Gasteiger partial charge is 0.297 e. The SMILES string of the molecule is CC1=[C-]CC(=O)C(C(=O)/C=C/C2CCCCC2)=C1C.[La]. The van der Waals surface area contributed by atoms with Crippen LogP contribution in [0, 0.1) is 47.6 Å². The first-order chi connectivity index (χ1) is 9.09. The van der Waals surface area contributed by atoms with E-state index in [4.69, 9.17) is 0 Å². The zero-order chi connectivity index (χ0) is 13.8. The van der Waals surface area contributed by atoms with Crippen LogP contribution in [0.2, 0.25) is 0 Å². The minimum atomic E-state index is -0.131. The minimum Gasteiger partial charge on any atom is -0.297 e. The first-order valence-electron chi connectivity index (χ1n) is 7.14. The summed E-state index contributed by atoms with van der Waals surface area (Å²) in [6.07, 6.45) is 13.0. The molecule has 0 spiro atoms. The molecule has 0 amide bonds. The van der Waals surface area contributed by atoms with E-state index in [0.29, 0.717) is 11.5 Å². The first-order valence-corrected chi connectivity index (χ1v) is 7.14. The molecule has 2 aliphatic rings. The van der Waals surface area contributed by atoms with Crippen LogP contribution in [0.1, 0.15) is 52.4 Å². The van der Waals surface area contributed by atoms with Crippen LogP contribution in [-0.2, 0) is 9.59 Å². The number of allylic oxidation sites excluding steroid dienone is 6. The predicted octanol–water partition coefficient (Wildman–Crippen LogP) is 3.73. The summed E-state index contributed by atoms with van der Waals surface area (Å²) in [7, 11) is 0. The van der Waals surface area contributed by atoms with Gasteiger partial charge in [0.25, 0.3) is 0 Å². The van der Waals surface area contributed by atoms with Crippen LogP contribution < -0.4 is 0 Å². The van der Waals surface area contributed by atoms with Crippen molar-refractivity contribution in [2.24, 2.45) is 5.92 Å². The van der Waals surface area contributed by atoms with Gasteiger partial charge in [-0.2, -0.15) is 5.57 Å². The van der Waals surface area contributed by atoms with Crippen molar-refractivity contribution in [2.75, 3.05) is 0 Å². The maximum Gasteiger partial charge on any atom is 0.171 e. The molecule has 20 heavy (non-hydrogen) atoms. The Balaban J connectivity index is 0.00000200. The molecule has 2 nitrogen and oxygen atoms in total. The summed E-state index contributed by atoms with van der Waals surface area (Å²) < 4.78 is 0. The normalized spacial score (nSPS) is 20.9. The van der Waals surface area contributed by atoms with E-state index in [1.165, 1.54) is 32.1 Å². The smallest absolute Gasteiger partial charge is 0.171 e. The molecule has 3 heteroatoms. The molecule has 0 bridgehead atoms. The zero-order valence-electron chi connectivity index (χ0n) is 12.4. The van der Waals surface area contributed by atoms with Gasteiger partial charge < -0.3 is 0 Å². The van der Waals surface area contributed by atoms with Crippen molar-refractivity contribution in [1.29, 1.82) is 0 Å². The van der Waals surface area contributed by atoms with Gasteiger partial charge in [-0.1, -0.05) is 32.3 Å². The van der Waals surface area contributed by atoms with Gasteiger partial charge in [-0.3, -0.25) is 15.7 Å². The van der Waals surface area contributed by atoms with Gasteiger partial charge in [0.2, 0.25) is 0 Å². The summed E-state index contributed by atoms with van der Waals surface area (Å²) >= 11 is 0. The van der Waals surface area contributed by atoms with Gasteiger partial charge in [-0.15, -0.1) is 6.92 Å². The molecule has 0 atom stereocenters. The molecule has 1 saturated carbocycles. The van der Waals surface area contributed by atoms with E-state index in [2.05, 4.69) is 6.08 Å². The van der Waals surface area contributed by atoms with E-state index in [1.807, 2.05) is 19.9 Å². The molecule has 0 aliphatic heterocycles. The van der Waals surface area contributed by atoms with Crippen LogP contribution in [0.25, 0.3) is 0 Å². The van der Waals surface area contributed by atoms with E-state index < -0.39 is 0 Å². The summed E-state index contributed by atoms with van der Waals surface area (Å²) in [4.78, 5) is 24.1. The van der Waals surface area contributed by atoms with Gasteiger partial charge >= 0.3 is 0 Å². The molecular weight excluding hydrogens is 375 g/mol. The summed E-state index contributed by atoms with van der Waals surface area (Å²) in [5, 5.41) is 0. The topological polar surface area (TPSA) is 34.1 Å². The number of ketones is 2. The van der Waals surface area contributed by atoms with Crippen molar-refractivity contribution in [2.45, 2.75) is 52.4 Å². The van der Waals surface area contributed by atoms with Gasteiger partial charge in [0, 0.05) is 35.6 Å². The molecule has 0 aromatic rings. The van der Waals surface area contributed by atoms with Crippen molar-refractivity contribution in [3.63, 3.8) is 0 Å². The van der Waals surface area contributed by atoms with Gasteiger partial charge in [-0.25, -0.2) is 5.57 Å². The average molecular weight is 396 g/mol. The van der Waals surface area contributed by atoms with E-state index in [-0.39, 0.29) is 53.6 Å². The third-order valence-electron chi connectivity index (χ3n) is 4.15. The second-order valence-corrected chi connectivity index (χ2v) is 5.52. The molecule has 2 rings (SSSR count). The van der Waals surface area contributed by atoms with Crippen LogP contribution in [0.3, 0.4) is 0 Å². The Morgan fingerprint density at radius 2 is 1.85 bits per heavy atom. The molecule has 0 unspecified atom stereocenters. The maximum absolute atomic E-state index is 12.2. The molecule has 0 aromatic heterocycles. The standard InChI is InChI=1S/C17H21O2.La/c1-12-8-10-15(18)17(13(12)2)16(19)11-9-14-6-4-3-5-7-14;/h9,11,14H,3-7,10H2,1-2H3;/q-1;/b11-9+;. The van der Waals surface area contributed by atoms with Crippen molar-refractivity contribution >= 4 is 11.6 Å². The monoisotopic (exact) mass is 396 g/mol. The molecule has 1 fully saturated rings. The number of rotatable bonds is 3. The van der Waals surface area contributed by atoms with Crippen LogP contribution in [-0.4, -0.2) is 11.6 Å². The van der Waals surface area contributed by atoms with Crippen LogP contribution in [0.15, 0.2) is 28.9 Å². The molecule has 0 heterocycles. The molecule has 105 valence electrons.